The summed E-state index contributed by atoms with van der Waals surface area (Å²) in [5.74, 6) is 0.451. The van der Waals surface area contributed by atoms with Crippen LogP contribution in [0.4, 0.5) is 17.6 Å². The van der Waals surface area contributed by atoms with Crippen molar-refractivity contribution >= 4 is 10.8 Å². The Kier molecular flexibility index (Phi) is 8.15. The fourth-order valence-electron chi connectivity index (χ4n) is 3.92. The van der Waals surface area contributed by atoms with Crippen LogP contribution < -0.4 is 4.74 Å². The number of aromatic nitrogens is 2. The lowest BCUT2D eigenvalue weighted by molar-refractivity contribution is -0.153. The van der Waals surface area contributed by atoms with Gasteiger partial charge in [0, 0.05) is 37.1 Å². The smallest absolute Gasteiger partial charge is 0.422 e. The van der Waals surface area contributed by atoms with Crippen LogP contribution in [0.1, 0.15) is 23.1 Å². The highest BCUT2D eigenvalue weighted by atomic mass is 19.4. The van der Waals surface area contributed by atoms with Gasteiger partial charge in [-0.1, -0.05) is 36.4 Å². The molecule has 1 heterocycles. The monoisotopic (exact) mass is 498 g/mol. The maximum absolute atomic E-state index is 15.2. The van der Waals surface area contributed by atoms with E-state index in [1.165, 1.54) is 12.1 Å². The van der Waals surface area contributed by atoms with Crippen LogP contribution in [-0.2, 0) is 24.0 Å². The second-order valence-corrected chi connectivity index (χ2v) is 8.53. The number of halogens is 4. The van der Waals surface area contributed by atoms with Gasteiger partial charge in [0.1, 0.15) is 11.6 Å². The Bertz CT molecular complexity index is 1290. The molecule has 0 aliphatic heterocycles. The zero-order chi connectivity index (χ0) is 25.5. The van der Waals surface area contributed by atoms with E-state index in [4.69, 9.17) is 9.47 Å². The molecule has 0 fully saturated rings. The van der Waals surface area contributed by atoms with Gasteiger partial charge in [-0.2, -0.15) is 13.2 Å². The van der Waals surface area contributed by atoms with Crippen molar-refractivity contribution in [2.45, 2.75) is 31.9 Å². The quantitative estimate of drug-likeness (QED) is 0.179. The first-order valence-corrected chi connectivity index (χ1v) is 11.6. The van der Waals surface area contributed by atoms with Crippen molar-refractivity contribution in [1.29, 1.82) is 0 Å². The van der Waals surface area contributed by atoms with Gasteiger partial charge in [-0.15, -0.1) is 0 Å². The van der Waals surface area contributed by atoms with Gasteiger partial charge in [0.25, 0.3) is 0 Å². The Balaban J connectivity index is 1.41. The van der Waals surface area contributed by atoms with Crippen molar-refractivity contribution in [3.8, 4) is 17.1 Å². The lowest BCUT2D eigenvalue weighted by atomic mass is 9.99. The summed E-state index contributed by atoms with van der Waals surface area (Å²) >= 11 is 0. The first-order chi connectivity index (χ1) is 17.3. The number of alkyl halides is 3. The fraction of sp³-hybridized carbons (Fsp3) is 0.286. The molecular formula is C28H26F4N2O2. The summed E-state index contributed by atoms with van der Waals surface area (Å²) in [5.41, 5.74) is 3.30. The first kappa shape index (κ1) is 25.6. The number of fused-ring (bicyclic) bond motifs is 1. The summed E-state index contributed by atoms with van der Waals surface area (Å²) in [6.07, 6.45) is 1.98. The van der Waals surface area contributed by atoms with Crippen LogP contribution in [0.25, 0.3) is 22.2 Å². The molecule has 0 saturated heterocycles. The van der Waals surface area contributed by atoms with E-state index in [0.717, 1.165) is 34.9 Å². The van der Waals surface area contributed by atoms with Crippen molar-refractivity contribution in [2.75, 3.05) is 20.3 Å². The molecule has 3 aromatic carbocycles. The molecule has 0 unspecified atom stereocenters. The second-order valence-electron chi connectivity index (χ2n) is 8.53. The summed E-state index contributed by atoms with van der Waals surface area (Å²) in [7, 11) is 1.67. The van der Waals surface area contributed by atoms with Gasteiger partial charge in [-0.05, 0) is 66.0 Å². The number of ether oxygens (including phenoxy) is 2. The third-order valence-electron chi connectivity index (χ3n) is 5.82. The molecule has 4 rings (SSSR count). The maximum atomic E-state index is 15.2. The molecule has 0 radical (unpaired) electrons. The van der Waals surface area contributed by atoms with Crippen molar-refractivity contribution in [3.63, 3.8) is 0 Å². The summed E-state index contributed by atoms with van der Waals surface area (Å²) in [4.78, 5) is 8.91. The van der Waals surface area contributed by atoms with Crippen molar-refractivity contribution in [2.24, 2.45) is 0 Å². The maximum Gasteiger partial charge on any atom is 0.422 e. The average Bonchev–Trinajstić information content (AvgIpc) is 2.88. The van der Waals surface area contributed by atoms with Gasteiger partial charge in [0.2, 0.25) is 0 Å². The van der Waals surface area contributed by atoms with E-state index in [1.54, 1.807) is 43.8 Å². The van der Waals surface area contributed by atoms with E-state index < -0.39 is 12.8 Å². The minimum atomic E-state index is -4.38. The van der Waals surface area contributed by atoms with Crippen LogP contribution in [0, 0.1) is 5.82 Å². The number of methoxy groups -OCH3 is 1. The third-order valence-corrected chi connectivity index (χ3v) is 5.82. The lowest BCUT2D eigenvalue weighted by Gasteiger charge is -2.10. The molecule has 0 aliphatic rings. The molecule has 36 heavy (non-hydrogen) atoms. The lowest BCUT2D eigenvalue weighted by Crippen LogP contribution is -2.19. The molecular weight excluding hydrogens is 472 g/mol. The number of rotatable bonds is 10. The molecule has 0 aliphatic carbocycles. The zero-order valence-electron chi connectivity index (χ0n) is 19.8. The van der Waals surface area contributed by atoms with Gasteiger partial charge in [-0.25, -0.2) is 14.4 Å². The van der Waals surface area contributed by atoms with Gasteiger partial charge in [0.15, 0.2) is 12.4 Å². The van der Waals surface area contributed by atoms with Crippen molar-refractivity contribution in [3.05, 3.63) is 89.5 Å². The Morgan fingerprint density at radius 1 is 0.833 bits per heavy atom. The van der Waals surface area contributed by atoms with Crippen LogP contribution in [0.15, 0.2) is 67.0 Å². The van der Waals surface area contributed by atoms with Crippen LogP contribution >= 0.6 is 0 Å². The highest BCUT2D eigenvalue weighted by molar-refractivity contribution is 5.87. The predicted octanol–water partition coefficient (Wildman–Crippen LogP) is 6.74. The molecule has 0 bridgehead atoms. The van der Waals surface area contributed by atoms with Crippen molar-refractivity contribution in [1.82, 2.24) is 9.97 Å². The first-order valence-electron chi connectivity index (χ1n) is 11.6. The number of hydrogen-bond acceptors (Lipinski definition) is 4. The van der Waals surface area contributed by atoms with Gasteiger partial charge >= 0.3 is 6.18 Å². The Morgan fingerprint density at radius 2 is 1.58 bits per heavy atom. The van der Waals surface area contributed by atoms with Crippen LogP contribution in [0.3, 0.4) is 0 Å². The molecule has 0 N–H and O–H groups in total. The predicted molar refractivity (Wildman–Crippen MR) is 131 cm³/mol. The third kappa shape index (κ3) is 6.79. The second kappa shape index (κ2) is 11.5. The number of benzene rings is 3. The van der Waals surface area contributed by atoms with E-state index in [1.807, 2.05) is 18.2 Å². The van der Waals surface area contributed by atoms with E-state index in [2.05, 4.69) is 9.97 Å². The Morgan fingerprint density at radius 3 is 2.28 bits per heavy atom. The standard InChI is InChI=1S/C28H26F4N2O2/c1-35-14-2-3-20-16-33-27(34-17-20)23-10-13-25-22(15-23)9-8-21(26(25)29)7-4-19-5-11-24(12-6-19)36-18-28(30,31)32/h5-6,8-13,15-17H,2-4,7,14,18H2,1H3. The minimum Gasteiger partial charge on any atom is -0.484 e. The van der Waals surface area contributed by atoms with E-state index in [-0.39, 0.29) is 11.6 Å². The fourth-order valence-corrected chi connectivity index (χ4v) is 3.92. The summed E-state index contributed by atoms with van der Waals surface area (Å²) in [5, 5.41) is 1.27. The van der Waals surface area contributed by atoms with Crippen LogP contribution in [-0.4, -0.2) is 36.5 Å². The van der Waals surface area contributed by atoms with Crippen LogP contribution in [0.5, 0.6) is 5.75 Å². The molecule has 4 aromatic rings. The summed E-state index contributed by atoms with van der Waals surface area (Å²) in [6, 6.07) is 15.5. The van der Waals surface area contributed by atoms with E-state index >= 15 is 4.39 Å². The van der Waals surface area contributed by atoms with Crippen LogP contribution in [0.2, 0.25) is 0 Å². The molecule has 0 spiro atoms. The summed E-state index contributed by atoms with van der Waals surface area (Å²) in [6.45, 7) is -0.644. The largest absolute Gasteiger partial charge is 0.484 e. The van der Waals surface area contributed by atoms with E-state index in [9.17, 15) is 13.2 Å². The Labute approximate surface area is 206 Å². The molecule has 188 valence electrons. The highest BCUT2D eigenvalue weighted by Gasteiger charge is 2.28. The zero-order valence-corrected chi connectivity index (χ0v) is 19.8. The SMILES string of the molecule is COCCCc1cnc(-c2ccc3c(F)c(CCc4ccc(OCC(F)(F)F)cc4)ccc3c2)nc1. The molecule has 0 amide bonds. The molecule has 4 nitrogen and oxygen atoms in total. The van der Waals surface area contributed by atoms with Gasteiger partial charge in [0.05, 0.1) is 0 Å². The van der Waals surface area contributed by atoms with Crippen molar-refractivity contribution < 1.29 is 27.0 Å². The Hall–Kier alpha value is -3.52. The highest BCUT2D eigenvalue weighted by Crippen LogP contribution is 2.27. The number of aryl methyl sites for hydroxylation is 3. The molecule has 0 atom stereocenters. The van der Waals surface area contributed by atoms with Gasteiger partial charge < -0.3 is 9.47 Å². The van der Waals surface area contributed by atoms with Gasteiger partial charge in [-0.3, -0.25) is 0 Å². The minimum absolute atomic E-state index is 0.147. The molecule has 1 aromatic heterocycles. The number of nitrogens with zero attached hydrogens (tertiary/aromatic N) is 2. The normalized spacial score (nSPS) is 11.7. The molecule has 8 heteroatoms. The number of hydrogen-bond donors (Lipinski definition) is 0. The topological polar surface area (TPSA) is 44.2 Å². The van der Waals surface area contributed by atoms with E-state index in [0.29, 0.717) is 36.2 Å². The average molecular weight is 499 g/mol. The summed E-state index contributed by atoms with van der Waals surface area (Å²) < 4.78 is 61.8. The molecule has 0 saturated carbocycles.